The summed E-state index contributed by atoms with van der Waals surface area (Å²) in [5, 5.41) is 7.97. The van der Waals surface area contributed by atoms with Crippen molar-refractivity contribution in [1.82, 2.24) is 14.6 Å². The summed E-state index contributed by atoms with van der Waals surface area (Å²) in [6.07, 6.45) is -1.23. The van der Waals surface area contributed by atoms with Crippen molar-refractivity contribution in [3.8, 4) is 0 Å². The van der Waals surface area contributed by atoms with E-state index in [4.69, 9.17) is 0 Å². The Balaban J connectivity index is 2.58. The normalized spacial score (nSPS) is 12.3. The number of aromatic nitrogens is 3. The molecule has 0 unspecified atom stereocenters. The van der Waals surface area contributed by atoms with Crippen molar-refractivity contribution in [2.45, 2.75) is 11.3 Å². The molecule has 0 atom stereocenters. The molecule has 0 aromatic carbocycles. The molecule has 0 saturated heterocycles. The maximum absolute atomic E-state index is 12.3. The second kappa shape index (κ2) is 3.41. The topological polar surface area (TPSA) is 30.2 Å². The maximum Gasteiger partial charge on any atom is 0.416 e. The zero-order valence-electron chi connectivity index (χ0n) is 7.62. The molecule has 0 aliphatic heterocycles. The summed E-state index contributed by atoms with van der Waals surface area (Å²) in [6.45, 7) is 0. The van der Waals surface area contributed by atoms with Gasteiger partial charge in [0, 0.05) is 6.20 Å². The fourth-order valence-corrected chi connectivity index (χ4v) is 1.66. The number of thioether (sulfide) groups is 1. The summed E-state index contributed by atoms with van der Waals surface area (Å²) in [5.74, 6) is 0. The number of alkyl halides is 3. The number of hydrogen-bond acceptors (Lipinski definition) is 3. The number of pyridine rings is 1. The Morgan fingerprint density at radius 2 is 2.07 bits per heavy atom. The van der Waals surface area contributed by atoms with Crippen LogP contribution in [-0.2, 0) is 6.18 Å². The van der Waals surface area contributed by atoms with Gasteiger partial charge in [-0.3, -0.25) is 4.40 Å². The second-order valence-corrected chi connectivity index (χ2v) is 3.60. The Morgan fingerprint density at radius 1 is 1.33 bits per heavy atom. The smallest absolute Gasteiger partial charge is 0.277 e. The zero-order valence-corrected chi connectivity index (χ0v) is 8.43. The van der Waals surface area contributed by atoms with Crippen LogP contribution in [0.3, 0.4) is 0 Å². The van der Waals surface area contributed by atoms with Gasteiger partial charge in [-0.25, -0.2) is 0 Å². The van der Waals surface area contributed by atoms with Crippen molar-refractivity contribution in [3.05, 3.63) is 23.9 Å². The molecule has 0 fully saturated rings. The largest absolute Gasteiger partial charge is 0.416 e. The average Bonchev–Trinajstić information content (AvgIpc) is 2.58. The molecule has 0 radical (unpaired) electrons. The Kier molecular flexibility index (Phi) is 2.34. The Labute approximate surface area is 87.3 Å². The van der Waals surface area contributed by atoms with Crippen molar-refractivity contribution in [2.24, 2.45) is 0 Å². The minimum atomic E-state index is -4.34. The van der Waals surface area contributed by atoms with E-state index in [1.807, 2.05) is 0 Å². The SMILES string of the molecule is CSc1nnc2cc(C(F)(F)F)ccn12. The van der Waals surface area contributed by atoms with Crippen molar-refractivity contribution < 1.29 is 13.2 Å². The highest BCUT2D eigenvalue weighted by Gasteiger charge is 2.30. The molecule has 2 rings (SSSR count). The fraction of sp³-hybridized carbons (Fsp3) is 0.250. The van der Waals surface area contributed by atoms with E-state index in [1.165, 1.54) is 22.4 Å². The van der Waals surface area contributed by atoms with Crippen LogP contribution in [0.2, 0.25) is 0 Å². The van der Waals surface area contributed by atoms with Crippen LogP contribution in [0.25, 0.3) is 5.65 Å². The van der Waals surface area contributed by atoms with Crippen LogP contribution < -0.4 is 0 Å². The molecule has 2 aromatic rings. The van der Waals surface area contributed by atoms with Crippen LogP contribution in [0.15, 0.2) is 23.5 Å². The van der Waals surface area contributed by atoms with E-state index in [0.29, 0.717) is 5.16 Å². The third-order valence-corrected chi connectivity index (χ3v) is 2.53. The minimum absolute atomic E-state index is 0.203. The lowest BCUT2D eigenvalue weighted by atomic mass is 10.2. The lowest BCUT2D eigenvalue weighted by Crippen LogP contribution is -2.05. The first kappa shape index (κ1) is 10.3. The molecule has 2 heterocycles. The van der Waals surface area contributed by atoms with Crippen LogP contribution in [0.5, 0.6) is 0 Å². The lowest BCUT2D eigenvalue weighted by molar-refractivity contribution is -0.137. The number of halogens is 3. The van der Waals surface area contributed by atoms with Gasteiger partial charge in [-0.1, -0.05) is 11.8 Å². The van der Waals surface area contributed by atoms with Crippen molar-refractivity contribution in [3.63, 3.8) is 0 Å². The van der Waals surface area contributed by atoms with Gasteiger partial charge < -0.3 is 0 Å². The van der Waals surface area contributed by atoms with E-state index in [1.54, 1.807) is 6.26 Å². The summed E-state index contributed by atoms with van der Waals surface area (Å²) in [4.78, 5) is 0. The molecule has 0 spiro atoms. The van der Waals surface area contributed by atoms with Crippen LogP contribution in [0, 0.1) is 0 Å². The van der Waals surface area contributed by atoms with Gasteiger partial charge in [-0.15, -0.1) is 10.2 Å². The number of hydrogen-bond donors (Lipinski definition) is 0. The van der Waals surface area contributed by atoms with Gasteiger partial charge in [0.2, 0.25) is 0 Å². The van der Waals surface area contributed by atoms with E-state index in [9.17, 15) is 13.2 Å². The summed E-state index contributed by atoms with van der Waals surface area (Å²) >= 11 is 1.33. The van der Waals surface area contributed by atoms with Gasteiger partial charge in [0.15, 0.2) is 10.8 Å². The molecule has 3 nitrogen and oxygen atoms in total. The first-order valence-electron chi connectivity index (χ1n) is 3.98. The van der Waals surface area contributed by atoms with E-state index < -0.39 is 11.7 Å². The molecule has 0 N–H and O–H groups in total. The summed E-state index contributed by atoms with van der Waals surface area (Å²) in [7, 11) is 0. The van der Waals surface area contributed by atoms with Gasteiger partial charge in [0.05, 0.1) is 5.56 Å². The molecular weight excluding hydrogens is 227 g/mol. The molecule has 0 saturated carbocycles. The summed E-state index contributed by atoms with van der Waals surface area (Å²) < 4.78 is 38.5. The standard InChI is InChI=1S/C8H6F3N3S/c1-15-7-13-12-6-4-5(8(9,10)11)2-3-14(6)7/h2-4H,1H3. The Morgan fingerprint density at radius 3 is 2.67 bits per heavy atom. The number of nitrogens with zero attached hydrogens (tertiary/aromatic N) is 3. The lowest BCUT2D eigenvalue weighted by Gasteiger charge is -2.05. The Hall–Kier alpha value is -1.24. The average molecular weight is 233 g/mol. The third kappa shape index (κ3) is 1.79. The van der Waals surface area contributed by atoms with Crippen LogP contribution in [-0.4, -0.2) is 20.9 Å². The van der Waals surface area contributed by atoms with Crippen molar-refractivity contribution >= 4 is 17.4 Å². The molecule has 0 aliphatic carbocycles. The van der Waals surface area contributed by atoms with Crippen LogP contribution in [0.4, 0.5) is 13.2 Å². The molecule has 15 heavy (non-hydrogen) atoms. The number of fused-ring (bicyclic) bond motifs is 1. The quantitative estimate of drug-likeness (QED) is 0.709. The molecular formula is C8H6F3N3S. The predicted octanol–water partition coefficient (Wildman–Crippen LogP) is 2.47. The van der Waals surface area contributed by atoms with Crippen LogP contribution in [0.1, 0.15) is 5.56 Å². The predicted molar refractivity (Wildman–Crippen MR) is 49.8 cm³/mol. The highest BCUT2D eigenvalue weighted by molar-refractivity contribution is 7.98. The summed E-state index contributed by atoms with van der Waals surface area (Å²) in [5.41, 5.74) is -0.510. The van der Waals surface area contributed by atoms with Gasteiger partial charge in [-0.05, 0) is 18.4 Å². The highest BCUT2D eigenvalue weighted by atomic mass is 32.2. The molecule has 0 bridgehead atoms. The zero-order chi connectivity index (χ0) is 11.1. The van der Waals surface area contributed by atoms with Gasteiger partial charge in [0.1, 0.15) is 0 Å². The molecule has 7 heteroatoms. The Bertz CT molecular complexity index is 491. The van der Waals surface area contributed by atoms with Gasteiger partial charge in [-0.2, -0.15) is 13.2 Å². The molecule has 80 valence electrons. The van der Waals surface area contributed by atoms with E-state index in [0.717, 1.165) is 12.1 Å². The number of rotatable bonds is 1. The minimum Gasteiger partial charge on any atom is -0.277 e. The van der Waals surface area contributed by atoms with E-state index in [2.05, 4.69) is 10.2 Å². The molecule has 0 aliphatic rings. The van der Waals surface area contributed by atoms with E-state index >= 15 is 0 Å². The second-order valence-electron chi connectivity index (χ2n) is 2.83. The maximum atomic E-state index is 12.3. The van der Waals surface area contributed by atoms with Crippen molar-refractivity contribution in [1.29, 1.82) is 0 Å². The fourth-order valence-electron chi connectivity index (χ4n) is 1.18. The molecule has 0 amide bonds. The summed E-state index contributed by atoms with van der Waals surface area (Å²) in [6, 6.07) is 1.99. The van der Waals surface area contributed by atoms with Crippen molar-refractivity contribution in [2.75, 3.05) is 6.26 Å². The third-order valence-electron chi connectivity index (χ3n) is 1.89. The molecule has 2 aromatic heterocycles. The first-order chi connectivity index (χ1) is 7.02. The van der Waals surface area contributed by atoms with E-state index in [-0.39, 0.29) is 5.65 Å². The monoisotopic (exact) mass is 233 g/mol. The van der Waals surface area contributed by atoms with Gasteiger partial charge in [0.25, 0.3) is 0 Å². The first-order valence-corrected chi connectivity index (χ1v) is 5.21. The van der Waals surface area contributed by atoms with Crippen LogP contribution >= 0.6 is 11.8 Å². The van der Waals surface area contributed by atoms with Gasteiger partial charge >= 0.3 is 6.18 Å². The highest BCUT2D eigenvalue weighted by Crippen LogP contribution is 2.30.